The van der Waals surface area contributed by atoms with Crippen molar-refractivity contribution < 1.29 is 9.53 Å². The zero-order valence-electron chi connectivity index (χ0n) is 12.2. The van der Waals surface area contributed by atoms with Gasteiger partial charge in [0, 0.05) is 22.9 Å². The zero-order chi connectivity index (χ0) is 15.2. The van der Waals surface area contributed by atoms with Crippen molar-refractivity contribution in [3.8, 4) is 5.75 Å². The molecule has 0 aliphatic heterocycles. The topological polar surface area (TPSA) is 29.5 Å². The molecule has 2 rings (SSSR count). The summed E-state index contributed by atoms with van der Waals surface area (Å²) in [6, 6.07) is 7.52. The Morgan fingerprint density at radius 1 is 1.48 bits per heavy atom. The van der Waals surface area contributed by atoms with Gasteiger partial charge in [-0.15, -0.1) is 0 Å². The lowest BCUT2D eigenvalue weighted by Gasteiger charge is -2.31. The number of halogens is 2. The molecular weight excluding hydrogens is 354 g/mol. The Balaban J connectivity index is 2.01. The van der Waals surface area contributed by atoms with Crippen LogP contribution < -0.4 is 4.74 Å². The maximum atomic E-state index is 12.7. The fourth-order valence-electron chi connectivity index (χ4n) is 2.81. The molecule has 1 fully saturated rings. The fourth-order valence-corrected chi connectivity index (χ4v) is 3.37. The standard InChI is InChI=1S/C16H21BrClNO2/c1-12(21-15-8-4-5-13(18)11-15)16(20)19(10-9-17)14-6-2-3-7-14/h4-5,8,11-12,14H,2-3,6-7,9-10H2,1H3. The zero-order valence-corrected chi connectivity index (χ0v) is 14.6. The molecule has 0 saturated heterocycles. The van der Waals surface area contributed by atoms with E-state index in [4.69, 9.17) is 16.3 Å². The van der Waals surface area contributed by atoms with Crippen molar-refractivity contribution in [2.45, 2.75) is 44.8 Å². The van der Waals surface area contributed by atoms with Crippen LogP contribution in [0, 0.1) is 0 Å². The van der Waals surface area contributed by atoms with Gasteiger partial charge in [-0.05, 0) is 38.0 Å². The predicted octanol–water partition coefficient (Wildman–Crippen LogP) is 4.27. The first-order chi connectivity index (χ1) is 10.1. The summed E-state index contributed by atoms with van der Waals surface area (Å²) in [6.45, 7) is 2.53. The van der Waals surface area contributed by atoms with Crippen LogP contribution in [0.15, 0.2) is 24.3 Å². The van der Waals surface area contributed by atoms with E-state index in [1.807, 2.05) is 17.0 Å². The number of hydrogen-bond acceptors (Lipinski definition) is 2. The van der Waals surface area contributed by atoms with Gasteiger partial charge in [0.05, 0.1) is 0 Å². The molecule has 0 radical (unpaired) electrons. The van der Waals surface area contributed by atoms with Gasteiger partial charge in [-0.2, -0.15) is 0 Å². The van der Waals surface area contributed by atoms with E-state index in [0.29, 0.717) is 16.8 Å². The lowest BCUT2D eigenvalue weighted by Crippen LogP contribution is -2.46. The van der Waals surface area contributed by atoms with Crippen LogP contribution >= 0.6 is 27.5 Å². The van der Waals surface area contributed by atoms with Crippen molar-refractivity contribution in [1.29, 1.82) is 0 Å². The van der Waals surface area contributed by atoms with Crippen LogP contribution in [0.5, 0.6) is 5.75 Å². The number of carbonyl (C=O) groups excluding carboxylic acids is 1. The summed E-state index contributed by atoms with van der Waals surface area (Å²) in [4.78, 5) is 14.6. The lowest BCUT2D eigenvalue weighted by atomic mass is 10.2. The summed E-state index contributed by atoms with van der Waals surface area (Å²) in [5.41, 5.74) is 0. The summed E-state index contributed by atoms with van der Waals surface area (Å²) in [6.07, 6.45) is 4.12. The second-order valence-electron chi connectivity index (χ2n) is 5.38. The molecule has 0 heterocycles. The number of hydrogen-bond donors (Lipinski definition) is 0. The largest absolute Gasteiger partial charge is 0.481 e. The van der Waals surface area contributed by atoms with Gasteiger partial charge in [0.15, 0.2) is 6.10 Å². The van der Waals surface area contributed by atoms with Crippen LogP contribution in [0.25, 0.3) is 0 Å². The Hall–Kier alpha value is -0.740. The third-order valence-electron chi connectivity index (χ3n) is 3.83. The highest BCUT2D eigenvalue weighted by molar-refractivity contribution is 9.09. The minimum Gasteiger partial charge on any atom is -0.481 e. The second kappa shape index (κ2) is 8.04. The Morgan fingerprint density at radius 3 is 2.81 bits per heavy atom. The highest BCUT2D eigenvalue weighted by Crippen LogP contribution is 2.25. The summed E-state index contributed by atoms with van der Waals surface area (Å²) < 4.78 is 5.75. The fraction of sp³-hybridized carbons (Fsp3) is 0.562. The minimum atomic E-state index is -0.497. The number of alkyl halides is 1. The molecule has 0 spiro atoms. The van der Waals surface area contributed by atoms with Crippen molar-refractivity contribution in [3.05, 3.63) is 29.3 Å². The molecular formula is C16H21BrClNO2. The van der Waals surface area contributed by atoms with Crippen LogP contribution in [-0.2, 0) is 4.79 Å². The Morgan fingerprint density at radius 2 is 2.19 bits per heavy atom. The van der Waals surface area contributed by atoms with Crippen molar-refractivity contribution in [2.75, 3.05) is 11.9 Å². The molecule has 1 saturated carbocycles. The van der Waals surface area contributed by atoms with Crippen molar-refractivity contribution in [2.24, 2.45) is 0 Å². The van der Waals surface area contributed by atoms with Crippen molar-refractivity contribution in [3.63, 3.8) is 0 Å². The van der Waals surface area contributed by atoms with E-state index >= 15 is 0 Å². The van der Waals surface area contributed by atoms with Crippen LogP contribution in [-0.4, -0.2) is 34.8 Å². The van der Waals surface area contributed by atoms with Gasteiger partial charge in [0.25, 0.3) is 5.91 Å². The normalized spacial score (nSPS) is 16.7. The maximum Gasteiger partial charge on any atom is 0.263 e. The first-order valence-corrected chi connectivity index (χ1v) is 8.90. The van der Waals surface area contributed by atoms with Gasteiger partial charge in [-0.3, -0.25) is 4.79 Å². The molecule has 0 bridgehead atoms. The lowest BCUT2D eigenvalue weighted by molar-refractivity contribution is -0.139. The maximum absolute atomic E-state index is 12.7. The monoisotopic (exact) mass is 373 g/mol. The molecule has 0 aromatic heterocycles. The number of nitrogens with zero attached hydrogens (tertiary/aromatic N) is 1. The quantitative estimate of drug-likeness (QED) is 0.696. The molecule has 21 heavy (non-hydrogen) atoms. The number of ether oxygens (including phenoxy) is 1. The summed E-state index contributed by atoms with van der Waals surface area (Å²) >= 11 is 9.38. The van der Waals surface area contributed by atoms with Gasteiger partial charge < -0.3 is 9.64 Å². The van der Waals surface area contributed by atoms with E-state index < -0.39 is 6.10 Å². The number of benzene rings is 1. The second-order valence-corrected chi connectivity index (χ2v) is 6.61. The van der Waals surface area contributed by atoms with Gasteiger partial charge in [-0.25, -0.2) is 0 Å². The molecule has 1 aromatic carbocycles. The molecule has 5 heteroatoms. The van der Waals surface area contributed by atoms with Gasteiger partial charge in [0.1, 0.15) is 5.75 Å². The molecule has 1 aliphatic carbocycles. The third kappa shape index (κ3) is 4.62. The van der Waals surface area contributed by atoms with Crippen molar-refractivity contribution >= 4 is 33.4 Å². The molecule has 1 aromatic rings. The van der Waals surface area contributed by atoms with Crippen LogP contribution in [0.1, 0.15) is 32.6 Å². The van der Waals surface area contributed by atoms with Gasteiger partial charge in [0.2, 0.25) is 0 Å². The van der Waals surface area contributed by atoms with E-state index in [2.05, 4.69) is 15.9 Å². The van der Waals surface area contributed by atoms with E-state index in [1.54, 1.807) is 19.1 Å². The van der Waals surface area contributed by atoms with Crippen molar-refractivity contribution in [1.82, 2.24) is 4.90 Å². The minimum absolute atomic E-state index is 0.0568. The van der Waals surface area contributed by atoms with E-state index in [0.717, 1.165) is 24.7 Å². The average molecular weight is 375 g/mol. The van der Waals surface area contributed by atoms with E-state index in [1.165, 1.54) is 12.8 Å². The predicted molar refractivity (Wildman–Crippen MR) is 89.3 cm³/mol. The van der Waals surface area contributed by atoms with Crippen LogP contribution in [0.2, 0.25) is 5.02 Å². The van der Waals surface area contributed by atoms with Crippen LogP contribution in [0.4, 0.5) is 0 Å². The number of rotatable bonds is 6. The Kier molecular flexibility index (Phi) is 6.37. The molecule has 116 valence electrons. The highest BCUT2D eigenvalue weighted by Gasteiger charge is 2.29. The SMILES string of the molecule is CC(Oc1cccc(Cl)c1)C(=O)N(CCBr)C1CCCC1. The van der Waals surface area contributed by atoms with E-state index in [-0.39, 0.29) is 5.91 Å². The number of amides is 1. The van der Waals surface area contributed by atoms with Gasteiger partial charge in [-0.1, -0.05) is 46.4 Å². The Bertz CT molecular complexity index is 477. The van der Waals surface area contributed by atoms with E-state index in [9.17, 15) is 4.79 Å². The molecule has 3 nitrogen and oxygen atoms in total. The number of carbonyl (C=O) groups is 1. The summed E-state index contributed by atoms with van der Waals surface area (Å²) in [7, 11) is 0. The molecule has 1 aliphatic rings. The molecule has 1 atom stereocenters. The third-order valence-corrected chi connectivity index (χ3v) is 4.42. The molecule has 0 N–H and O–H groups in total. The molecule has 1 unspecified atom stereocenters. The summed E-state index contributed by atoms with van der Waals surface area (Å²) in [5, 5.41) is 1.40. The highest BCUT2D eigenvalue weighted by atomic mass is 79.9. The van der Waals surface area contributed by atoms with Gasteiger partial charge >= 0.3 is 0 Å². The van der Waals surface area contributed by atoms with Crippen LogP contribution in [0.3, 0.4) is 0 Å². The first kappa shape index (κ1) is 16.6. The summed E-state index contributed by atoms with van der Waals surface area (Å²) in [5.74, 6) is 0.690. The smallest absolute Gasteiger partial charge is 0.263 e. The average Bonchev–Trinajstić information content (AvgIpc) is 2.98. The first-order valence-electron chi connectivity index (χ1n) is 7.40. The molecule has 1 amide bonds. The Labute approximate surface area is 139 Å².